The van der Waals surface area contributed by atoms with Crippen LogP contribution in [0.3, 0.4) is 0 Å². The Labute approximate surface area is 120 Å². The normalized spacial score (nSPS) is 19.4. The second kappa shape index (κ2) is 7.17. The van der Waals surface area contributed by atoms with Gasteiger partial charge in [-0.15, -0.1) is 0 Å². The molecular formula is C14H21NO4S. The molecule has 0 amide bonds. The maximum absolute atomic E-state index is 12.1. The lowest BCUT2D eigenvalue weighted by atomic mass is 10.2. The predicted molar refractivity (Wildman–Crippen MR) is 76.2 cm³/mol. The van der Waals surface area contributed by atoms with Crippen molar-refractivity contribution in [3.8, 4) is 0 Å². The van der Waals surface area contributed by atoms with Gasteiger partial charge in [0.1, 0.15) is 0 Å². The van der Waals surface area contributed by atoms with Gasteiger partial charge >= 0.3 is 0 Å². The fourth-order valence-corrected chi connectivity index (χ4v) is 3.23. The van der Waals surface area contributed by atoms with E-state index in [0.29, 0.717) is 18.0 Å². The standard InChI is InChI=1S/C14H21NO4S/c15-10-12-3-5-14(6-4-12)20(16,17)9-8-18-11-13-2-1-7-19-13/h3-6,13H,1-2,7-11,15H2. The van der Waals surface area contributed by atoms with Crippen LogP contribution in [0.2, 0.25) is 0 Å². The number of rotatable bonds is 7. The Hall–Kier alpha value is -0.950. The SMILES string of the molecule is NCc1ccc(S(=O)(=O)CCOCC2CCCO2)cc1. The van der Waals surface area contributed by atoms with Gasteiger partial charge in [0, 0.05) is 13.2 Å². The topological polar surface area (TPSA) is 78.6 Å². The van der Waals surface area contributed by atoms with Crippen molar-refractivity contribution < 1.29 is 17.9 Å². The molecule has 0 aromatic heterocycles. The van der Waals surface area contributed by atoms with Crippen molar-refractivity contribution in [3.05, 3.63) is 29.8 Å². The molecule has 1 aliphatic rings. The highest BCUT2D eigenvalue weighted by atomic mass is 32.2. The number of nitrogens with two attached hydrogens (primary N) is 1. The second-order valence-corrected chi connectivity index (χ2v) is 6.99. The van der Waals surface area contributed by atoms with Crippen LogP contribution in [0.5, 0.6) is 0 Å². The summed E-state index contributed by atoms with van der Waals surface area (Å²) in [6.07, 6.45) is 2.18. The number of sulfone groups is 1. The van der Waals surface area contributed by atoms with E-state index in [1.165, 1.54) is 0 Å². The molecule has 5 nitrogen and oxygen atoms in total. The summed E-state index contributed by atoms with van der Waals surface area (Å²) in [4.78, 5) is 0.315. The average molecular weight is 299 g/mol. The Morgan fingerprint density at radius 3 is 2.65 bits per heavy atom. The third kappa shape index (κ3) is 4.28. The third-order valence-corrected chi connectivity index (χ3v) is 5.04. The number of hydrogen-bond donors (Lipinski definition) is 1. The lowest BCUT2D eigenvalue weighted by molar-refractivity contribution is 0.0223. The summed E-state index contributed by atoms with van der Waals surface area (Å²) >= 11 is 0. The summed E-state index contributed by atoms with van der Waals surface area (Å²) in [6.45, 7) is 1.85. The first kappa shape index (κ1) is 15.4. The van der Waals surface area contributed by atoms with Crippen LogP contribution in [0, 0.1) is 0 Å². The van der Waals surface area contributed by atoms with Crippen LogP contribution in [-0.2, 0) is 25.9 Å². The van der Waals surface area contributed by atoms with Gasteiger partial charge in [0.25, 0.3) is 0 Å². The maximum atomic E-state index is 12.1. The third-order valence-electron chi connectivity index (χ3n) is 3.34. The van der Waals surface area contributed by atoms with E-state index < -0.39 is 9.84 Å². The summed E-state index contributed by atoms with van der Waals surface area (Å²) in [7, 11) is -3.29. The van der Waals surface area contributed by atoms with Gasteiger partial charge in [-0.3, -0.25) is 0 Å². The molecule has 112 valence electrons. The van der Waals surface area contributed by atoms with Crippen LogP contribution in [0.4, 0.5) is 0 Å². The molecule has 2 rings (SSSR count). The highest BCUT2D eigenvalue weighted by molar-refractivity contribution is 7.91. The number of ether oxygens (including phenoxy) is 2. The average Bonchev–Trinajstić information content (AvgIpc) is 2.97. The molecule has 0 spiro atoms. The van der Waals surface area contributed by atoms with Gasteiger partial charge in [-0.05, 0) is 30.5 Å². The number of hydrogen-bond acceptors (Lipinski definition) is 5. The van der Waals surface area contributed by atoms with Gasteiger partial charge in [-0.25, -0.2) is 8.42 Å². The number of benzene rings is 1. The lowest BCUT2D eigenvalue weighted by Crippen LogP contribution is -2.18. The van der Waals surface area contributed by atoms with E-state index in [0.717, 1.165) is 25.0 Å². The molecule has 1 unspecified atom stereocenters. The summed E-state index contributed by atoms with van der Waals surface area (Å²) in [5.74, 6) is -0.0122. The molecule has 0 bridgehead atoms. The highest BCUT2D eigenvalue weighted by Gasteiger charge is 2.17. The Morgan fingerprint density at radius 1 is 1.30 bits per heavy atom. The Balaban J connectivity index is 1.80. The van der Waals surface area contributed by atoms with Crippen molar-refractivity contribution in [1.29, 1.82) is 0 Å². The Morgan fingerprint density at radius 2 is 2.05 bits per heavy atom. The molecule has 20 heavy (non-hydrogen) atoms. The fourth-order valence-electron chi connectivity index (χ4n) is 2.11. The smallest absolute Gasteiger partial charge is 0.180 e. The fraction of sp³-hybridized carbons (Fsp3) is 0.571. The Bertz CT molecular complexity index is 506. The van der Waals surface area contributed by atoms with Crippen molar-refractivity contribution in [3.63, 3.8) is 0 Å². The quantitative estimate of drug-likeness (QED) is 0.763. The van der Waals surface area contributed by atoms with Crippen molar-refractivity contribution in [1.82, 2.24) is 0 Å². The van der Waals surface area contributed by atoms with Gasteiger partial charge in [-0.1, -0.05) is 12.1 Å². The van der Waals surface area contributed by atoms with E-state index in [1.807, 2.05) is 0 Å². The van der Waals surface area contributed by atoms with E-state index in [9.17, 15) is 8.42 Å². The van der Waals surface area contributed by atoms with Gasteiger partial charge in [0.15, 0.2) is 9.84 Å². The summed E-state index contributed by atoms with van der Waals surface area (Å²) in [6, 6.07) is 6.66. The molecule has 6 heteroatoms. The minimum atomic E-state index is -3.29. The van der Waals surface area contributed by atoms with E-state index in [2.05, 4.69) is 0 Å². The van der Waals surface area contributed by atoms with Crippen LogP contribution < -0.4 is 5.73 Å². The Kier molecular flexibility index (Phi) is 5.54. The first-order chi connectivity index (χ1) is 9.62. The van der Waals surface area contributed by atoms with E-state index >= 15 is 0 Å². The zero-order chi connectivity index (χ0) is 14.4. The van der Waals surface area contributed by atoms with Crippen molar-refractivity contribution in [2.24, 2.45) is 5.73 Å². The molecule has 0 aliphatic carbocycles. The maximum Gasteiger partial charge on any atom is 0.180 e. The molecule has 1 aliphatic heterocycles. The van der Waals surface area contributed by atoms with E-state index in [1.54, 1.807) is 24.3 Å². The van der Waals surface area contributed by atoms with Crippen LogP contribution in [0.25, 0.3) is 0 Å². The molecule has 1 fully saturated rings. The minimum absolute atomic E-state index is 0.0122. The molecule has 1 heterocycles. The van der Waals surface area contributed by atoms with Gasteiger partial charge in [0.05, 0.1) is 30.0 Å². The highest BCUT2D eigenvalue weighted by Crippen LogP contribution is 2.14. The molecule has 1 aromatic rings. The van der Waals surface area contributed by atoms with Crippen molar-refractivity contribution >= 4 is 9.84 Å². The van der Waals surface area contributed by atoms with Gasteiger partial charge < -0.3 is 15.2 Å². The molecule has 0 radical (unpaired) electrons. The largest absolute Gasteiger partial charge is 0.378 e. The summed E-state index contributed by atoms with van der Waals surface area (Å²) in [5.41, 5.74) is 6.40. The van der Waals surface area contributed by atoms with Crippen molar-refractivity contribution in [2.75, 3.05) is 25.6 Å². The van der Waals surface area contributed by atoms with Crippen LogP contribution in [-0.4, -0.2) is 40.1 Å². The van der Waals surface area contributed by atoms with Gasteiger partial charge in [-0.2, -0.15) is 0 Å². The summed E-state index contributed by atoms with van der Waals surface area (Å²) < 4.78 is 35.0. The first-order valence-electron chi connectivity index (χ1n) is 6.83. The second-order valence-electron chi connectivity index (χ2n) is 4.88. The molecule has 1 saturated heterocycles. The monoisotopic (exact) mass is 299 g/mol. The summed E-state index contributed by atoms with van der Waals surface area (Å²) in [5, 5.41) is 0. The van der Waals surface area contributed by atoms with E-state index in [4.69, 9.17) is 15.2 Å². The van der Waals surface area contributed by atoms with Crippen LogP contribution >= 0.6 is 0 Å². The lowest BCUT2D eigenvalue weighted by Gasteiger charge is -2.10. The van der Waals surface area contributed by atoms with E-state index in [-0.39, 0.29) is 18.5 Å². The molecule has 1 atom stereocenters. The molecular weight excluding hydrogens is 278 g/mol. The molecule has 0 saturated carbocycles. The zero-order valence-electron chi connectivity index (χ0n) is 11.5. The van der Waals surface area contributed by atoms with Crippen LogP contribution in [0.15, 0.2) is 29.2 Å². The molecule has 2 N–H and O–H groups in total. The van der Waals surface area contributed by atoms with Crippen molar-refractivity contribution in [2.45, 2.75) is 30.4 Å². The first-order valence-corrected chi connectivity index (χ1v) is 8.48. The minimum Gasteiger partial charge on any atom is -0.378 e. The zero-order valence-corrected chi connectivity index (χ0v) is 12.3. The van der Waals surface area contributed by atoms with Gasteiger partial charge in [0.2, 0.25) is 0 Å². The van der Waals surface area contributed by atoms with Crippen LogP contribution in [0.1, 0.15) is 18.4 Å². The molecule has 1 aromatic carbocycles. The predicted octanol–water partition coefficient (Wildman–Crippen LogP) is 1.11.